The molecule has 2 aliphatic rings. The quantitative estimate of drug-likeness (QED) is 0.835. The fourth-order valence-corrected chi connectivity index (χ4v) is 4.35. The van der Waals surface area contributed by atoms with Crippen molar-refractivity contribution in [3.05, 3.63) is 59.3 Å². The Bertz CT molecular complexity index is 801. The van der Waals surface area contributed by atoms with Crippen molar-refractivity contribution in [2.75, 3.05) is 7.11 Å². The fraction of sp³-hybridized carbons (Fsp3) is 0.429. The maximum absolute atomic E-state index is 10.5. The van der Waals surface area contributed by atoms with Crippen LogP contribution in [0, 0.1) is 0 Å². The molecule has 2 aliphatic heterocycles. The third-order valence-electron chi connectivity index (χ3n) is 5.48. The van der Waals surface area contributed by atoms with Crippen LogP contribution < -0.4 is 5.48 Å². The van der Waals surface area contributed by atoms with E-state index in [-0.39, 0.29) is 18.1 Å². The fourth-order valence-electron chi connectivity index (χ4n) is 4.35. The minimum atomic E-state index is -0.439. The van der Waals surface area contributed by atoms with Gasteiger partial charge in [0, 0.05) is 18.0 Å². The summed E-state index contributed by atoms with van der Waals surface area (Å²) in [7, 11) is 1.62. The molecule has 2 N–H and O–H groups in total. The van der Waals surface area contributed by atoms with E-state index >= 15 is 0 Å². The average Bonchev–Trinajstić information content (AvgIpc) is 2.94. The Labute approximate surface area is 148 Å². The summed E-state index contributed by atoms with van der Waals surface area (Å²) in [5.41, 5.74) is 6.47. The van der Waals surface area contributed by atoms with Gasteiger partial charge in [-0.1, -0.05) is 49.4 Å². The molecular weight excluding hydrogens is 314 g/mol. The molecule has 4 rings (SSSR count). The van der Waals surface area contributed by atoms with Gasteiger partial charge in [-0.2, -0.15) is 0 Å². The van der Waals surface area contributed by atoms with Crippen LogP contribution in [0.1, 0.15) is 37.7 Å². The predicted molar refractivity (Wildman–Crippen MR) is 98.1 cm³/mol. The molecule has 2 unspecified atom stereocenters. The molecule has 2 aromatic carbocycles. The van der Waals surface area contributed by atoms with Gasteiger partial charge in [0.1, 0.15) is 6.10 Å². The predicted octanol–water partition coefficient (Wildman–Crippen LogP) is 3.66. The zero-order valence-corrected chi connectivity index (χ0v) is 14.7. The zero-order chi connectivity index (χ0) is 17.4. The summed E-state index contributed by atoms with van der Waals surface area (Å²) in [4.78, 5) is 5.20. The summed E-state index contributed by atoms with van der Waals surface area (Å²) in [5.74, 6) is 0.239. The Morgan fingerprint density at radius 2 is 2.00 bits per heavy atom. The third-order valence-corrected chi connectivity index (χ3v) is 5.48. The first kappa shape index (κ1) is 16.6. The Morgan fingerprint density at radius 1 is 1.20 bits per heavy atom. The second-order valence-corrected chi connectivity index (χ2v) is 6.97. The van der Waals surface area contributed by atoms with Crippen LogP contribution in [0.3, 0.4) is 0 Å². The first-order valence-electron chi connectivity index (χ1n) is 9.05. The molecule has 4 heteroatoms. The van der Waals surface area contributed by atoms with Crippen LogP contribution in [-0.4, -0.2) is 30.5 Å². The smallest absolute Gasteiger partial charge is 0.107 e. The van der Waals surface area contributed by atoms with Gasteiger partial charge < -0.3 is 9.84 Å². The van der Waals surface area contributed by atoms with E-state index in [0.717, 1.165) is 24.1 Å². The number of fused-ring (bicyclic) bond motifs is 3. The Balaban J connectivity index is 1.81. The number of hydrogen-bond donors (Lipinski definition) is 2. The lowest BCUT2D eigenvalue weighted by Crippen LogP contribution is -2.34. The van der Waals surface area contributed by atoms with Gasteiger partial charge in [0.15, 0.2) is 0 Å². The molecule has 0 aromatic heterocycles. The van der Waals surface area contributed by atoms with Crippen LogP contribution >= 0.6 is 0 Å². The van der Waals surface area contributed by atoms with Gasteiger partial charge in [-0.25, -0.2) is 0 Å². The highest BCUT2D eigenvalue weighted by Crippen LogP contribution is 2.46. The van der Waals surface area contributed by atoms with Crippen molar-refractivity contribution >= 4 is 10.8 Å². The molecule has 2 saturated heterocycles. The van der Waals surface area contributed by atoms with E-state index in [2.05, 4.69) is 54.9 Å². The van der Waals surface area contributed by atoms with E-state index < -0.39 is 6.10 Å². The molecule has 0 amide bonds. The highest BCUT2D eigenvalue weighted by molar-refractivity contribution is 5.83. The first-order valence-corrected chi connectivity index (χ1v) is 9.05. The van der Waals surface area contributed by atoms with Gasteiger partial charge in [-0.05, 0) is 34.8 Å². The second-order valence-electron chi connectivity index (χ2n) is 6.97. The first-order chi connectivity index (χ1) is 12.2. The van der Waals surface area contributed by atoms with Crippen molar-refractivity contribution in [1.82, 2.24) is 5.48 Å². The largest absolute Gasteiger partial charge is 0.390 e. The van der Waals surface area contributed by atoms with Gasteiger partial charge in [0.05, 0.1) is 19.3 Å². The van der Waals surface area contributed by atoms with Crippen molar-refractivity contribution in [2.45, 2.75) is 50.4 Å². The van der Waals surface area contributed by atoms with Gasteiger partial charge in [0.25, 0.3) is 0 Å². The van der Waals surface area contributed by atoms with Crippen molar-refractivity contribution < 1.29 is 14.7 Å². The minimum Gasteiger partial charge on any atom is -0.390 e. The standard InChI is InChI=1S/C21H25NO3/c1-3-18(22-24-2)20-17(11-16-12-19(23)21(20)25-16)15-9-8-13-6-4-5-7-14(13)10-15/h4-10,16-17,19,21-23H,3,11-12H2,1-2H3/t16?,17-,19?,21-/m0/s1. The van der Waals surface area contributed by atoms with E-state index in [1.54, 1.807) is 7.11 Å². The Kier molecular flexibility index (Phi) is 4.50. The minimum absolute atomic E-state index is 0.126. The van der Waals surface area contributed by atoms with Crippen LogP contribution in [0.25, 0.3) is 10.8 Å². The number of rotatable bonds is 4. The molecule has 0 spiro atoms. The molecule has 0 saturated carbocycles. The van der Waals surface area contributed by atoms with E-state index in [0.29, 0.717) is 6.42 Å². The van der Waals surface area contributed by atoms with E-state index in [1.807, 2.05) is 0 Å². The maximum Gasteiger partial charge on any atom is 0.107 e. The van der Waals surface area contributed by atoms with Crippen LogP contribution in [0.2, 0.25) is 0 Å². The lowest BCUT2D eigenvalue weighted by molar-refractivity contribution is 0.000913. The average molecular weight is 339 g/mol. The Hall–Kier alpha value is -1.88. The van der Waals surface area contributed by atoms with Crippen LogP contribution in [0.5, 0.6) is 0 Å². The number of benzene rings is 2. The van der Waals surface area contributed by atoms with Crippen molar-refractivity contribution in [1.29, 1.82) is 0 Å². The maximum atomic E-state index is 10.5. The van der Waals surface area contributed by atoms with Crippen LogP contribution in [-0.2, 0) is 9.57 Å². The van der Waals surface area contributed by atoms with E-state index in [9.17, 15) is 5.11 Å². The van der Waals surface area contributed by atoms with Crippen LogP contribution in [0.15, 0.2) is 53.7 Å². The zero-order valence-electron chi connectivity index (χ0n) is 14.7. The highest BCUT2D eigenvalue weighted by Gasteiger charge is 2.46. The Morgan fingerprint density at radius 3 is 2.76 bits per heavy atom. The van der Waals surface area contributed by atoms with Gasteiger partial charge >= 0.3 is 0 Å². The number of hydroxylamine groups is 1. The summed E-state index contributed by atoms with van der Waals surface area (Å²) < 4.78 is 6.09. The molecule has 2 heterocycles. The van der Waals surface area contributed by atoms with E-state index in [1.165, 1.54) is 16.3 Å². The molecule has 0 radical (unpaired) electrons. The molecule has 132 valence electrons. The summed E-state index contributed by atoms with van der Waals surface area (Å²) in [6.07, 6.45) is 1.86. The molecule has 2 fully saturated rings. The molecule has 4 atom stereocenters. The molecule has 25 heavy (non-hydrogen) atoms. The van der Waals surface area contributed by atoms with E-state index in [4.69, 9.17) is 9.57 Å². The monoisotopic (exact) mass is 339 g/mol. The van der Waals surface area contributed by atoms with Crippen LogP contribution in [0.4, 0.5) is 0 Å². The lowest BCUT2D eigenvalue weighted by Gasteiger charge is -2.34. The molecular formula is C21H25NO3. The second kappa shape index (κ2) is 6.79. The third kappa shape index (κ3) is 2.95. The summed E-state index contributed by atoms with van der Waals surface area (Å²) in [6, 6.07) is 15.1. The van der Waals surface area contributed by atoms with Gasteiger partial charge in [-0.3, -0.25) is 10.3 Å². The number of aliphatic hydroxyl groups excluding tert-OH is 1. The number of allylic oxidation sites excluding steroid dienone is 1. The number of ether oxygens (including phenoxy) is 1. The molecule has 0 aliphatic carbocycles. The number of hydrogen-bond acceptors (Lipinski definition) is 4. The highest BCUT2D eigenvalue weighted by atomic mass is 16.6. The number of nitrogens with one attached hydrogen (secondary N) is 1. The number of aliphatic hydroxyl groups is 1. The summed E-state index contributed by atoms with van der Waals surface area (Å²) >= 11 is 0. The normalized spacial score (nSPS) is 30.5. The molecule has 2 aromatic rings. The molecule has 4 nitrogen and oxygen atoms in total. The molecule has 2 bridgehead atoms. The van der Waals surface area contributed by atoms with Crippen molar-refractivity contribution in [3.8, 4) is 0 Å². The summed E-state index contributed by atoms with van der Waals surface area (Å²) in [5, 5.41) is 13.0. The topological polar surface area (TPSA) is 50.7 Å². The lowest BCUT2D eigenvalue weighted by atomic mass is 9.81. The van der Waals surface area contributed by atoms with Gasteiger partial charge in [-0.15, -0.1) is 0 Å². The van der Waals surface area contributed by atoms with Gasteiger partial charge in [0.2, 0.25) is 0 Å². The van der Waals surface area contributed by atoms with Crippen molar-refractivity contribution in [2.24, 2.45) is 0 Å². The SMILES string of the molecule is CCC(NOC)=C1[C@H](c2ccc3ccccc3c2)CC2CC(O)[C@@H]1O2. The van der Waals surface area contributed by atoms with Crippen molar-refractivity contribution in [3.63, 3.8) is 0 Å². The summed E-state index contributed by atoms with van der Waals surface area (Å²) in [6.45, 7) is 2.10.